The second kappa shape index (κ2) is 4.91. The molecule has 0 aromatic carbocycles. The molecule has 3 nitrogen and oxygen atoms in total. The zero-order valence-electron chi connectivity index (χ0n) is 11.8. The Morgan fingerprint density at radius 3 is 2.39 bits per heavy atom. The molecule has 2 aliphatic rings. The first kappa shape index (κ1) is 13.4. The van der Waals surface area contributed by atoms with Gasteiger partial charge in [0.2, 0.25) is 5.91 Å². The molecule has 0 aliphatic heterocycles. The number of hydrogen-bond acceptors (Lipinski definition) is 2. The Hall–Kier alpha value is -1.04. The summed E-state index contributed by atoms with van der Waals surface area (Å²) in [6.45, 7) is 4.35. The summed E-state index contributed by atoms with van der Waals surface area (Å²) >= 11 is 0. The average molecular weight is 248 g/mol. The lowest BCUT2D eigenvalue weighted by molar-refractivity contribution is -0.147. The van der Waals surface area contributed by atoms with Crippen molar-refractivity contribution in [2.75, 3.05) is 7.05 Å². The summed E-state index contributed by atoms with van der Waals surface area (Å²) in [7, 11) is 1.90. The fourth-order valence-corrected chi connectivity index (χ4v) is 3.80. The van der Waals surface area contributed by atoms with Crippen molar-refractivity contribution in [3.63, 3.8) is 0 Å². The quantitative estimate of drug-likeness (QED) is 0.754. The van der Waals surface area contributed by atoms with Crippen LogP contribution in [-0.2, 0) is 4.79 Å². The first-order valence-corrected chi connectivity index (χ1v) is 7.18. The molecule has 100 valence electrons. The molecular formula is C15H24N2O. The van der Waals surface area contributed by atoms with Crippen molar-refractivity contribution in [1.29, 1.82) is 5.26 Å². The zero-order chi connectivity index (χ0) is 13.3. The second-order valence-electron chi connectivity index (χ2n) is 6.45. The molecule has 3 heteroatoms. The predicted molar refractivity (Wildman–Crippen MR) is 70.6 cm³/mol. The van der Waals surface area contributed by atoms with E-state index < -0.39 is 5.41 Å². The Labute approximate surface area is 110 Å². The van der Waals surface area contributed by atoms with Crippen LogP contribution in [0.4, 0.5) is 0 Å². The van der Waals surface area contributed by atoms with Crippen molar-refractivity contribution in [3.8, 4) is 6.07 Å². The molecule has 2 fully saturated rings. The highest BCUT2D eigenvalue weighted by atomic mass is 16.2. The zero-order valence-corrected chi connectivity index (χ0v) is 11.8. The lowest BCUT2D eigenvalue weighted by Crippen LogP contribution is -2.53. The third-order valence-electron chi connectivity index (χ3n) is 4.90. The number of rotatable bonds is 2. The number of carbonyl (C=O) groups is 1. The Morgan fingerprint density at radius 2 is 1.89 bits per heavy atom. The van der Waals surface area contributed by atoms with Gasteiger partial charge in [0.15, 0.2) is 0 Å². The van der Waals surface area contributed by atoms with E-state index in [2.05, 4.69) is 19.9 Å². The van der Waals surface area contributed by atoms with Gasteiger partial charge in [-0.3, -0.25) is 4.79 Å². The first-order valence-electron chi connectivity index (χ1n) is 7.18. The van der Waals surface area contributed by atoms with Crippen molar-refractivity contribution in [3.05, 3.63) is 0 Å². The van der Waals surface area contributed by atoms with E-state index in [1.165, 1.54) is 19.3 Å². The fraction of sp³-hybridized carbons (Fsp3) is 0.867. The minimum Gasteiger partial charge on any atom is -0.341 e. The summed E-state index contributed by atoms with van der Waals surface area (Å²) in [6, 6.07) is 2.63. The molecule has 0 N–H and O–H groups in total. The molecule has 0 radical (unpaired) electrons. The molecule has 0 heterocycles. The molecule has 0 aromatic rings. The summed E-state index contributed by atoms with van der Waals surface area (Å²) in [5.41, 5.74) is -0.703. The Morgan fingerprint density at radius 1 is 1.28 bits per heavy atom. The monoisotopic (exact) mass is 248 g/mol. The first-order chi connectivity index (χ1) is 8.50. The molecule has 2 aliphatic carbocycles. The maximum atomic E-state index is 12.6. The van der Waals surface area contributed by atoms with E-state index in [4.69, 9.17) is 0 Å². The van der Waals surface area contributed by atoms with Crippen LogP contribution in [0, 0.1) is 28.6 Å². The molecule has 0 aromatic heterocycles. The highest BCUT2D eigenvalue weighted by Crippen LogP contribution is 2.47. The smallest absolute Gasteiger partial charge is 0.243 e. The van der Waals surface area contributed by atoms with E-state index in [0.717, 1.165) is 19.3 Å². The maximum Gasteiger partial charge on any atom is 0.243 e. The Balaban J connectivity index is 2.06. The van der Waals surface area contributed by atoms with Gasteiger partial charge in [-0.05, 0) is 37.5 Å². The number of amides is 1. The van der Waals surface area contributed by atoms with Crippen molar-refractivity contribution in [1.82, 2.24) is 4.90 Å². The van der Waals surface area contributed by atoms with Crippen LogP contribution in [0.25, 0.3) is 0 Å². The van der Waals surface area contributed by atoms with E-state index in [1.807, 2.05) is 11.9 Å². The van der Waals surface area contributed by atoms with Crippen LogP contribution in [0.15, 0.2) is 0 Å². The summed E-state index contributed by atoms with van der Waals surface area (Å²) in [5.74, 6) is 1.16. The van der Waals surface area contributed by atoms with Crippen LogP contribution < -0.4 is 0 Å². The number of nitrogens with zero attached hydrogens (tertiary/aromatic N) is 2. The summed E-state index contributed by atoms with van der Waals surface area (Å²) in [6.07, 6.45) is 6.28. The topological polar surface area (TPSA) is 44.1 Å². The van der Waals surface area contributed by atoms with Crippen molar-refractivity contribution in [2.45, 2.75) is 58.4 Å². The van der Waals surface area contributed by atoms with Gasteiger partial charge >= 0.3 is 0 Å². The van der Waals surface area contributed by atoms with Gasteiger partial charge in [-0.25, -0.2) is 0 Å². The minimum absolute atomic E-state index is 0.0712. The molecule has 0 spiro atoms. The lowest BCUT2D eigenvalue weighted by Gasteiger charge is -2.45. The van der Waals surface area contributed by atoms with Gasteiger partial charge in [0.25, 0.3) is 0 Å². The van der Waals surface area contributed by atoms with E-state index in [9.17, 15) is 10.1 Å². The van der Waals surface area contributed by atoms with E-state index in [1.54, 1.807) is 0 Å². The average Bonchev–Trinajstić information content (AvgIpc) is 2.33. The van der Waals surface area contributed by atoms with E-state index in [0.29, 0.717) is 17.9 Å². The Kier molecular flexibility index (Phi) is 3.66. The number of nitriles is 1. The van der Waals surface area contributed by atoms with Crippen LogP contribution in [-0.4, -0.2) is 23.9 Å². The van der Waals surface area contributed by atoms with Crippen molar-refractivity contribution < 1.29 is 4.79 Å². The van der Waals surface area contributed by atoms with Gasteiger partial charge in [-0.2, -0.15) is 5.26 Å². The van der Waals surface area contributed by atoms with Gasteiger partial charge in [-0.15, -0.1) is 0 Å². The highest BCUT2D eigenvalue weighted by Gasteiger charge is 2.51. The van der Waals surface area contributed by atoms with Crippen molar-refractivity contribution in [2.24, 2.45) is 17.3 Å². The minimum atomic E-state index is -0.703. The standard InChI is InChI=1S/C15H24N2O/c1-11-8-15(9-11,10-16)14(18)17(3)13-7-5-4-6-12(13)2/h11-13H,4-9H2,1-3H3. The normalized spacial score (nSPS) is 39.6. The van der Waals surface area contributed by atoms with E-state index in [-0.39, 0.29) is 5.91 Å². The SMILES string of the molecule is CC1CC(C#N)(C(=O)N(C)C2CCCCC2C)C1. The van der Waals surface area contributed by atoms with Crippen LogP contribution in [0.1, 0.15) is 52.4 Å². The summed E-state index contributed by atoms with van der Waals surface area (Å²) in [4.78, 5) is 14.5. The van der Waals surface area contributed by atoms with Gasteiger partial charge < -0.3 is 4.90 Å². The molecule has 2 rings (SSSR count). The summed E-state index contributed by atoms with van der Waals surface area (Å²) in [5, 5.41) is 9.34. The molecular weight excluding hydrogens is 224 g/mol. The largest absolute Gasteiger partial charge is 0.341 e. The molecule has 0 bridgehead atoms. The second-order valence-corrected chi connectivity index (χ2v) is 6.45. The third-order valence-corrected chi connectivity index (χ3v) is 4.90. The molecule has 0 saturated heterocycles. The molecule has 2 unspecified atom stereocenters. The number of hydrogen-bond donors (Lipinski definition) is 0. The van der Waals surface area contributed by atoms with Crippen LogP contribution in [0.3, 0.4) is 0 Å². The van der Waals surface area contributed by atoms with Crippen LogP contribution >= 0.6 is 0 Å². The summed E-state index contributed by atoms with van der Waals surface area (Å²) < 4.78 is 0. The lowest BCUT2D eigenvalue weighted by atomic mass is 9.62. The number of carbonyl (C=O) groups excluding carboxylic acids is 1. The van der Waals surface area contributed by atoms with Crippen LogP contribution in [0.2, 0.25) is 0 Å². The molecule has 18 heavy (non-hydrogen) atoms. The van der Waals surface area contributed by atoms with Crippen LogP contribution in [0.5, 0.6) is 0 Å². The predicted octanol–water partition coefficient (Wildman–Crippen LogP) is 2.96. The molecule has 1 amide bonds. The van der Waals surface area contributed by atoms with Crippen molar-refractivity contribution >= 4 is 5.91 Å². The maximum absolute atomic E-state index is 12.6. The molecule has 2 saturated carbocycles. The fourth-order valence-electron chi connectivity index (χ4n) is 3.80. The van der Waals surface area contributed by atoms with Gasteiger partial charge in [-0.1, -0.05) is 26.7 Å². The van der Waals surface area contributed by atoms with Gasteiger partial charge in [0.05, 0.1) is 6.07 Å². The Bertz CT molecular complexity index is 365. The van der Waals surface area contributed by atoms with Gasteiger partial charge in [0.1, 0.15) is 5.41 Å². The third kappa shape index (κ3) is 2.13. The van der Waals surface area contributed by atoms with E-state index >= 15 is 0 Å². The van der Waals surface area contributed by atoms with Gasteiger partial charge in [0, 0.05) is 13.1 Å². The highest BCUT2D eigenvalue weighted by molar-refractivity contribution is 5.86. The molecule has 2 atom stereocenters.